The van der Waals surface area contributed by atoms with E-state index in [1.165, 1.54) is 19.4 Å². The number of nitrogens with zero attached hydrogens (tertiary/aromatic N) is 1. The van der Waals surface area contributed by atoms with Crippen LogP contribution in [0, 0.1) is 5.92 Å². The first-order valence-electron chi connectivity index (χ1n) is 7.57. The van der Waals surface area contributed by atoms with Crippen LogP contribution in [-0.2, 0) is 4.79 Å². The number of rotatable bonds is 7. The zero-order valence-electron chi connectivity index (χ0n) is 12.7. The van der Waals surface area contributed by atoms with E-state index in [1.807, 2.05) is 24.3 Å². The molecule has 1 fully saturated rings. The van der Waals surface area contributed by atoms with Crippen LogP contribution in [0.15, 0.2) is 24.3 Å². The van der Waals surface area contributed by atoms with Crippen molar-refractivity contribution < 1.29 is 9.53 Å². The lowest BCUT2D eigenvalue weighted by Crippen LogP contribution is -2.35. The Morgan fingerprint density at radius 1 is 1.48 bits per heavy atom. The highest BCUT2D eigenvalue weighted by Gasteiger charge is 2.17. The first kappa shape index (κ1) is 15.6. The van der Waals surface area contributed by atoms with Gasteiger partial charge in [0.05, 0.1) is 18.7 Å². The molecule has 1 heterocycles. The van der Waals surface area contributed by atoms with Crippen LogP contribution in [0.4, 0.5) is 5.69 Å². The average Bonchev–Trinajstić information content (AvgIpc) is 2.46. The number of amides is 1. The Morgan fingerprint density at radius 3 is 3.05 bits per heavy atom. The van der Waals surface area contributed by atoms with Crippen LogP contribution < -0.4 is 15.8 Å². The monoisotopic (exact) mass is 291 g/mol. The first-order valence-corrected chi connectivity index (χ1v) is 7.57. The second-order valence-corrected chi connectivity index (χ2v) is 5.71. The molecule has 1 aliphatic heterocycles. The SMILES string of the molecule is CN1CCCC(CNc2ccccc2OCCC(N)=O)C1. The quantitative estimate of drug-likeness (QED) is 0.802. The topological polar surface area (TPSA) is 67.6 Å². The van der Waals surface area contributed by atoms with Crippen molar-refractivity contribution >= 4 is 11.6 Å². The fourth-order valence-corrected chi connectivity index (χ4v) is 2.69. The van der Waals surface area contributed by atoms with Crippen LogP contribution in [0.25, 0.3) is 0 Å². The maximum atomic E-state index is 10.8. The van der Waals surface area contributed by atoms with E-state index in [0.29, 0.717) is 12.5 Å². The van der Waals surface area contributed by atoms with Crippen LogP contribution in [0.2, 0.25) is 0 Å². The number of nitrogens with one attached hydrogen (secondary N) is 1. The van der Waals surface area contributed by atoms with Gasteiger partial charge in [-0.1, -0.05) is 12.1 Å². The zero-order chi connectivity index (χ0) is 15.1. The van der Waals surface area contributed by atoms with E-state index in [1.54, 1.807) is 0 Å². The highest BCUT2D eigenvalue weighted by atomic mass is 16.5. The van der Waals surface area contributed by atoms with Crippen molar-refractivity contribution in [2.45, 2.75) is 19.3 Å². The Hall–Kier alpha value is -1.75. The minimum Gasteiger partial charge on any atom is -0.491 e. The number of anilines is 1. The lowest BCUT2D eigenvalue weighted by atomic mass is 9.98. The van der Waals surface area contributed by atoms with Crippen LogP contribution >= 0.6 is 0 Å². The molecule has 0 aromatic heterocycles. The summed E-state index contributed by atoms with van der Waals surface area (Å²) in [5.74, 6) is 1.11. The molecule has 2 rings (SSSR count). The van der Waals surface area contributed by atoms with Crippen molar-refractivity contribution in [3.63, 3.8) is 0 Å². The number of para-hydroxylation sites is 2. The summed E-state index contributed by atoms with van der Waals surface area (Å²) in [7, 11) is 2.17. The van der Waals surface area contributed by atoms with Crippen molar-refractivity contribution in [3.05, 3.63) is 24.3 Å². The van der Waals surface area contributed by atoms with Gasteiger partial charge in [0.15, 0.2) is 0 Å². The van der Waals surface area contributed by atoms with Gasteiger partial charge < -0.3 is 20.7 Å². The normalized spacial score (nSPS) is 19.2. The van der Waals surface area contributed by atoms with E-state index in [2.05, 4.69) is 17.3 Å². The number of nitrogens with two attached hydrogens (primary N) is 1. The third kappa shape index (κ3) is 5.27. The second-order valence-electron chi connectivity index (χ2n) is 5.71. The fourth-order valence-electron chi connectivity index (χ4n) is 2.69. The summed E-state index contributed by atoms with van der Waals surface area (Å²) >= 11 is 0. The third-order valence-corrected chi connectivity index (χ3v) is 3.80. The lowest BCUT2D eigenvalue weighted by Gasteiger charge is -2.30. The maximum Gasteiger partial charge on any atom is 0.220 e. The molecule has 0 aliphatic carbocycles. The molecular weight excluding hydrogens is 266 g/mol. The largest absolute Gasteiger partial charge is 0.491 e. The van der Waals surface area contributed by atoms with Crippen LogP contribution in [-0.4, -0.2) is 44.1 Å². The van der Waals surface area contributed by atoms with E-state index in [0.717, 1.165) is 24.5 Å². The van der Waals surface area contributed by atoms with E-state index >= 15 is 0 Å². The summed E-state index contributed by atoms with van der Waals surface area (Å²) in [5, 5.41) is 3.47. The van der Waals surface area contributed by atoms with Gasteiger partial charge >= 0.3 is 0 Å². The molecule has 1 atom stereocenters. The van der Waals surface area contributed by atoms with Crippen molar-refractivity contribution in [1.29, 1.82) is 0 Å². The summed E-state index contributed by atoms with van der Waals surface area (Å²) in [6.45, 7) is 3.60. The van der Waals surface area contributed by atoms with Gasteiger partial charge in [0.25, 0.3) is 0 Å². The Labute approximate surface area is 126 Å². The second kappa shape index (κ2) is 7.88. The maximum absolute atomic E-state index is 10.8. The minimum atomic E-state index is -0.342. The summed E-state index contributed by atoms with van der Waals surface area (Å²) in [6, 6.07) is 7.83. The van der Waals surface area contributed by atoms with Gasteiger partial charge in [0, 0.05) is 13.1 Å². The molecule has 1 saturated heterocycles. The molecule has 21 heavy (non-hydrogen) atoms. The number of hydrogen-bond acceptors (Lipinski definition) is 4. The number of hydrogen-bond donors (Lipinski definition) is 2. The fraction of sp³-hybridized carbons (Fsp3) is 0.562. The van der Waals surface area contributed by atoms with Gasteiger partial charge in [-0.3, -0.25) is 4.79 Å². The molecule has 1 aromatic rings. The molecule has 0 spiro atoms. The Kier molecular flexibility index (Phi) is 5.87. The van der Waals surface area contributed by atoms with Crippen molar-refractivity contribution in [1.82, 2.24) is 4.90 Å². The highest BCUT2D eigenvalue weighted by Crippen LogP contribution is 2.25. The number of carbonyl (C=O) groups is 1. The molecule has 1 amide bonds. The average molecular weight is 291 g/mol. The number of piperidine rings is 1. The third-order valence-electron chi connectivity index (χ3n) is 3.80. The van der Waals surface area contributed by atoms with Crippen molar-refractivity contribution in [2.24, 2.45) is 11.7 Å². The van der Waals surface area contributed by atoms with Crippen molar-refractivity contribution in [2.75, 3.05) is 38.6 Å². The Balaban J connectivity index is 1.85. The van der Waals surface area contributed by atoms with E-state index in [9.17, 15) is 4.79 Å². The zero-order valence-corrected chi connectivity index (χ0v) is 12.7. The van der Waals surface area contributed by atoms with Crippen molar-refractivity contribution in [3.8, 4) is 5.75 Å². The predicted octanol–water partition coefficient (Wildman–Crippen LogP) is 1.69. The van der Waals surface area contributed by atoms with E-state index < -0.39 is 0 Å². The molecule has 1 unspecified atom stereocenters. The summed E-state index contributed by atoms with van der Waals surface area (Å²) in [6.07, 6.45) is 2.77. The molecule has 5 heteroatoms. The lowest BCUT2D eigenvalue weighted by molar-refractivity contribution is -0.118. The molecule has 1 aliphatic rings. The predicted molar refractivity (Wildman–Crippen MR) is 84.5 cm³/mol. The van der Waals surface area contributed by atoms with E-state index in [4.69, 9.17) is 10.5 Å². The number of primary amides is 1. The number of likely N-dealkylation sites (tertiary alicyclic amines) is 1. The van der Waals surface area contributed by atoms with Gasteiger partial charge in [0.2, 0.25) is 5.91 Å². The summed E-state index contributed by atoms with van der Waals surface area (Å²) in [4.78, 5) is 13.1. The summed E-state index contributed by atoms with van der Waals surface area (Å²) < 4.78 is 5.64. The van der Waals surface area contributed by atoms with Gasteiger partial charge in [-0.05, 0) is 44.5 Å². The number of carbonyl (C=O) groups excluding carboxylic acids is 1. The van der Waals surface area contributed by atoms with Gasteiger partial charge in [-0.25, -0.2) is 0 Å². The molecule has 5 nitrogen and oxygen atoms in total. The first-order chi connectivity index (χ1) is 10.1. The van der Waals surface area contributed by atoms with Crippen LogP contribution in [0.1, 0.15) is 19.3 Å². The number of benzene rings is 1. The molecule has 0 bridgehead atoms. The summed E-state index contributed by atoms with van der Waals surface area (Å²) in [5.41, 5.74) is 6.11. The molecule has 0 saturated carbocycles. The molecule has 3 N–H and O–H groups in total. The van der Waals surface area contributed by atoms with Gasteiger partial charge in [-0.15, -0.1) is 0 Å². The highest BCUT2D eigenvalue weighted by molar-refractivity contribution is 5.73. The van der Waals surface area contributed by atoms with Gasteiger partial charge in [-0.2, -0.15) is 0 Å². The number of ether oxygens (including phenoxy) is 1. The Morgan fingerprint density at radius 2 is 2.29 bits per heavy atom. The minimum absolute atomic E-state index is 0.238. The smallest absolute Gasteiger partial charge is 0.220 e. The van der Waals surface area contributed by atoms with Crippen LogP contribution in [0.3, 0.4) is 0 Å². The molecule has 1 aromatic carbocycles. The molecule has 0 radical (unpaired) electrons. The van der Waals surface area contributed by atoms with Gasteiger partial charge in [0.1, 0.15) is 5.75 Å². The van der Waals surface area contributed by atoms with Crippen LogP contribution in [0.5, 0.6) is 5.75 Å². The molecular formula is C16H25N3O2. The Bertz CT molecular complexity index is 465. The van der Waals surface area contributed by atoms with E-state index in [-0.39, 0.29) is 12.3 Å². The molecule has 116 valence electrons. The standard InChI is InChI=1S/C16H25N3O2/c1-19-9-4-5-13(12-19)11-18-14-6-2-3-7-15(14)21-10-8-16(17)20/h2-3,6-7,13,18H,4-5,8-12H2,1H3,(H2,17,20).